The maximum atomic E-state index is 12.2. The zero-order valence-electron chi connectivity index (χ0n) is 14.1. The summed E-state index contributed by atoms with van der Waals surface area (Å²) in [4.78, 5) is 25.7. The summed E-state index contributed by atoms with van der Waals surface area (Å²) in [6.07, 6.45) is 0.312. The van der Waals surface area contributed by atoms with Crippen molar-refractivity contribution in [3.63, 3.8) is 0 Å². The van der Waals surface area contributed by atoms with Gasteiger partial charge < -0.3 is 15.8 Å². The van der Waals surface area contributed by atoms with Crippen molar-refractivity contribution in [1.82, 2.24) is 4.90 Å². The Bertz CT molecular complexity index is 778. The number of hydrogen-bond acceptors (Lipinski definition) is 5. The Morgan fingerprint density at radius 2 is 2.08 bits per heavy atom. The molecular weight excluding hydrogens is 374 g/mol. The molecule has 2 heterocycles. The van der Waals surface area contributed by atoms with Crippen molar-refractivity contribution in [2.75, 3.05) is 31.6 Å². The lowest BCUT2D eigenvalue weighted by molar-refractivity contribution is -0.117. The van der Waals surface area contributed by atoms with Crippen LogP contribution in [0.25, 0.3) is 0 Å². The number of primary amides is 1. The number of carbonyl (C=O) groups is 2. The molecule has 1 aromatic heterocycles. The fourth-order valence-corrected chi connectivity index (χ4v) is 3.77. The number of anilines is 1. The Morgan fingerprint density at radius 3 is 2.81 bits per heavy atom. The van der Waals surface area contributed by atoms with E-state index in [1.807, 2.05) is 24.3 Å². The van der Waals surface area contributed by atoms with Crippen LogP contribution in [-0.2, 0) is 9.53 Å². The van der Waals surface area contributed by atoms with Crippen molar-refractivity contribution < 1.29 is 14.3 Å². The summed E-state index contributed by atoms with van der Waals surface area (Å²) in [7, 11) is 0. The number of thiophene rings is 1. The number of carbonyl (C=O) groups excluding carboxylic acids is 2. The van der Waals surface area contributed by atoms with Gasteiger partial charge in [0.05, 0.1) is 18.3 Å². The molecule has 2 amide bonds. The molecular formula is C18H20ClN3O3S. The van der Waals surface area contributed by atoms with E-state index >= 15 is 0 Å². The third-order valence-corrected chi connectivity index (χ3v) is 5.31. The summed E-state index contributed by atoms with van der Waals surface area (Å²) in [5.41, 5.74) is 6.71. The first-order valence-corrected chi connectivity index (χ1v) is 9.55. The zero-order chi connectivity index (χ0) is 18.5. The van der Waals surface area contributed by atoms with Crippen LogP contribution in [0.2, 0.25) is 5.02 Å². The molecule has 0 radical (unpaired) electrons. The molecule has 3 rings (SSSR count). The Hall–Kier alpha value is -1.93. The number of ether oxygens (including phenoxy) is 1. The molecule has 1 aliphatic heterocycles. The predicted molar refractivity (Wildman–Crippen MR) is 103 cm³/mol. The molecule has 3 N–H and O–H groups in total. The van der Waals surface area contributed by atoms with E-state index in [0.29, 0.717) is 35.2 Å². The molecule has 138 valence electrons. The average molecular weight is 394 g/mol. The van der Waals surface area contributed by atoms with Gasteiger partial charge in [0.1, 0.15) is 5.00 Å². The van der Waals surface area contributed by atoms with Crippen LogP contribution in [0.15, 0.2) is 35.7 Å². The second-order valence-electron chi connectivity index (χ2n) is 6.04. The van der Waals surface area contributed by atoms with Crippen molar-refractivity contribution >= 4 is 39.8 Å². The summed E-state index contributed by atoms with van der Waals surface area (Å²) in [6, 6.07) is 9.24. The van der Waals surface area contributed by atoms with Crippen LogP contribution in [0.1, 0.15) is 28.4 Å². The lowest BCUT2D eigenvalue weighted by atomic mass is 10.1. The SMILES string of the molecule is NC(=O)c1ccsc1NC(=O)CCN1CCO[C@H](c2ccc(Cl)cc2)C1. The topological polar surface area (TPSA) is 84.7 Å². The molecule has 0 aliphatic carbocycles. The quantitative estimate of drug-likeness (QED) is 0.790. The van der Waals surface area contributed by atoms with Gasteiger partial charge in [-0.25, -0.2) is 0 Å². The monoisotopic (exact) mass is 393 g/mol. The second-order valence-corrected chi connectivity index (χ2v) is 7.39. The van der Waals surface area contributed by atoms with Crippen molar-refractivity contribution in [1.29, 1.82) is 0 Å². The van der Waals surface area contributed by atoms with Gasteiger partial charge in [0, 0.05) is 31.1 Å². The number of halogens is 1. The van der Waals surface area contributed by atoms with Crippen LogP contribution in [-0.4, -0.2) is 43.0 Å². The van der Waals surface area contributed by atoms with Crippen molar-refractivity contribution in [2.24, 2.45) is 5.73 Å². The van der Waals surface area contributed by atoms with Crippen LogP contribution in [0, 0.1) is 0 Å². The Balaban J connectivity index is 1.51. The predicted octanol–water partition coefficient (Wildman–Crippen LogP) is 2.90. The van der Waals surface area contributed by atoms with Crippen LogP contribution in [0.5, 0.6) is 0 Å². The van der Waals surface area contributed by atoms with Crippen molar-refractivity contribution in [3.8, 4) is 0 Å². The number of nitrogens with zero attached hydrogens (tertiary/aromatic N) is 1. The first-order chi connectivity index (χ1) is 12.5. The minimum Gasteiger partial charge on any atom is -0.371 e. The van der Waals surface area contributed by atoms with Crippen LogP contribution >= 0.6 is 22.9 Å². The van der Waals surface area contributed by atoms with E-state index in [1.54, 1.807) is 11.4 Å². The van der Waals surface area contributed by atoms with E-state index in [2.05, 4.69) is 10.2 Å². The second kappa shape index (κ2) is 8.64. The van der Waals surface area contributed by atoms with Gasteiger partial charge >= 0.3 is 0 Å². The van der Waals surface area contributed by atoms with E-state index in [-0.39, 0.29) is 12.0 Å². The first-order valence-electron chi connectivity index (χ1n) is 8.29. The van der Waals surface area contributed by atoms with Gasteiger partial charge in [-0.1, -0.05) is 23.7 Å². The molecule has 0 unspecified atom stereocenters. The average Bonchev–Trinajstić information content (AvgIpc) is 3.09. The van der Waals surface area contributed by atoms with Crippen molar-refractivity contribution in [3.05, 3.63) is 51.9 Å². The van der Waals surface area contributed by atoms with Gasteiger partial charge in [-0.15, -0.1) is 11.3 Å². The maximum absolute atomic E-state index is 12.2. The Kier molecular flexibility index (Phi) is 6.26. The molecule has 0 bridgehead atoms. The zero-order valence-corrected chi connectivity index (χ0v) is 15.7. The van der Waals surface area contributed by atoms with E-state index in [9.17, 15) is 9.59 Å². The molecule has 8 heteroatoms. The van der Waals surface area contributed by atoms with Gasteiger partial charge in [0.25, 0.3) is 5.91 Å². The fourth-order valence-electron chi connectivity index (χ4n) is 2.83. The highest BCUT2D eigenvalue weighted by atomic mass is 35.5. The smallest absolute Gasteiger partial charge is 0.251 e. The van der Waals surface area contributed by atoms with E-state index in [0.717, 1.165) is 18.7 Å². The van der Waals surface area contributed by atoms with Crippen LogP contribution in [0.4, 0.5) is 5.00 Å². The van der Waals surface area contributed by atoms with E-state index < -0.39 is 5.91 Å². The van der Waals surface area contributed by atoms with Gasteiger partial charge in [-0.2, -0.15) is 0 Å². The minimum atomic E-state index is -0.541. The first kappa shape index (κ1) is 18.8. The summed E-state index contributed by atoms with van der Waals surface area (Å²) in [5.74, 6) is -0.676. The van der Waals surface area contributed by atoms with Gasteiger partial charge in [-0.3, -0.25) is 14.5 Å². The molecule has 1 fully saturated rings. The molecule has 0 spiro atoms. The molecule has 0 saturated carbocycles. The molecule has 6 nitrogen and oxygen atoms in total. The number of hydrogen-bond donors (Lipinski definition) is 2. The Morgan fingerprint density at radius 1 is 1.31 bits per heavy atom. The third kappa shape index (κ3) is 4.82. The summed E-state index contributed by atoms with van der Waals surface area (Å²) < 4.78 is 5.83. The van der Waals surface area contributed by atoms with Crippen LogP contribution < -0.4 is 11.1 Å². The summed E-state index contributed by atoms with van der Waals surface area (Å²) >= 11 is 7.22. The highest BCUT2D eigenvalue weighted by Gasteiger charge is 2.22. The van der Waals surface area contributed by atoms with Gasteiger partial charge in [-0.05, 0) is 29.1 Å². The summed E-state index contributed by atoms with van der Waals surface area (Å²) in [5, 5.41) is 5.70. The molecule has 26 heavy (non-hydrogen) atoms. The lowest BCUT2D eigenvalue weighted by Gasteiger charge is -2.33. The largest absolute Gasteiger partial charge is 0.371 e. The molecule has 1 aromatic carbocycles. The number of morpholine rings is 1. The normalized spacial score (nSPS) is 17.8. The minimum absolute atomic E-state index is 0.0251. The van der Waals surface area contributed by atoms with Gasteiger partial charge in [0.15, 0.2) is 0 Å². The maximum Gasteiger partial charge on any atom is 0.251 e. The molecule has 1 aliphatic rings. The highest BCUT2D eigenvalue weighted by molar-refractivity contribution is 7.14. The number of rotatable bonds is 6. The molecule has 1 saturated heterocycles. The van der Waals surface area contributed by atoms with Crippen molar-refractivity contribution in [2.45, 2.75) is 12.5 Å². The molecule has 2 aromatic rings. The van der Waals surface area contributed by atoms with E-state index in [4.69, 9.17) is 22.1 Å². The van der Waals surface area contributed by atoms with Crippen LogP contribution in [0.3, 0.4) is 0 Å². The fraction of sp³-hybridized carbons (Fsp3) is 0.333. The third-order valence-electron chi connectivity index (χ3n) is 4.23. The Labute approximate surface area is 160 Å². The highest BCUT2D eigenvalue weighted by Crippen LogP contribution is 2.25. The summed E-state index contributed by atoms with van der Waals surface area (Å²) in [6.45, 7) is 2.74. The molecule has 1 atom stereocenters. The number of nitrogens with one attached hydrogen (secondary N) is 1. The number of amides is 2. The lowest BCUT2D eigenvalue weighted by Crippen LogP contribution is -2.39. The van der Waals surface area contributed by atoms with E-state index in [1.165, 1.54) is 11.3 Å². The number of nitrogens with two attached hydrogens (primary N) is 1. The van der Waals surface area contributed by atoms with Gasteiger partial charge in [0.2, 0.25) is 5.91 Å². The number of benzene rings is 1. The standard InChI is InChI=1S/C18H20ClN3O3S/c19-13-3-1-12(2-4-13)15-11-22(8-9-25-15)7-5-16(23)21-18-14(17(20)24)6-10-26-18/h1-4,6,10,15H,5,7-9,11H2,(H2,20,24)(H,21,23)/t15-/m0/s1.